The highest BCUT2D eigenvalue weighted by molar-refractivity contribution is 5.32. The van der Waals surface area contributed by atoms with Crippen molar-refractivity contribution in [3.05, 3.63) is 29.8 Å². The van der Waals surface area contributed by atoms with Crippen LogP contribution in [0.25, 0.3) is 0 Å². The van der Waals surface area contributed by atoms with Gasteiger partial charge in [0.1, 0.15) is 18.5 Å². The number of epoxide rings is 1. The molecule has 2 atom stereocenters. The van der Waals surface area contributed by atoms with Crippen molar-refractivity contribution in [3.8, 4) is 5.75 Å². The maximum absolute atomic E-state index is 13.7. The van der Waals surface area contributed by atoms with Crippen LogP contribution in [0, 0.1) is 0 Å². The first-order chi connectivity index (χ1) is 9.25. The summed E-state index contributed by atoms with van der Waals surface area (Å²) >= 11 is 0. The van der Waals surface area contributed by atoms with E-state index < -0.39 is 23.8 Å². The van der Waals surface area contributed by atoms with Crippen molar-refractivity contribution in [1.29, 1.82) is 0 Å². The van der Waals surface area contributed by atoms with Gasteiger partial charge in [0.05, 0.1) is 6.61 Å². The van der Waals surface area contributed by atoms with Crippen molar-refractivity contribution < 1.29 is 35.8 Å². The third-order valence-corrected chi connectivity index (χ3v) is 2.83. The highest BCUT2D eigenvalue weighted by atomic mass is 19.4. The van der Waals surface area contributed by atoms with Gasteiger partial charge in [0.15, 0.2) is 0 Å². The Morgan fingerprint density at radius 2 is 1.70 bits per heavy atom. The van der Waals surface area contributed by atoms with Crippen molar-refractivity contribution >= 4 is 0 Å². The summed E-state index contributed by atoms with van der Waals surface area (Å²) < 4.78 is 86.1. The highest BCUT2D eigenvalue weighted by Gasteiger charge is 2.63. The second kappa shape index (κ2) is 5.16. The molecule has 1 heterocycles. The normalized spacial score (nSPS) is 21.6. The Morgan fingerprint density at radius 3 is 2.10 bits per heavy atom. The molecule has 1 aliphatic heterocycles. The Kier molecular flexibility index (Phi) is 3.86. The molecule has 8 heteroatoms. The van der Waals surface area contributed by atoms with Gasteiger partial charge in [-0.15, -0.1) is 0 Å². The van der Waals surface area contributed by atoms with Crippen molar-refractivity contribution in [2.75, 3.05) is 13.2 Å². The van der Waals surface area contributed by atoms with Crippen LogP contribution in [0.15, 0.2) is 24.3 Å². The van der Waals surface area contributed by atoms with E-state index in [0.717, 1.165) is 12.1 Å². The lowest BCUT2D eigenvalue weighted by atomic mass is 9.95. The zero-order chi connectivity index (χ0) is 15.0. The van der Waals surface area contributed by atoms with E-state index in [1.165, 1.54) is 0 Å². The summed E-state index contributed by atoms with van der Waals surface area (Å²) in [5.41, 5.74) is -5.85. The summed E-state index contributed by atoms with van der Waals surface area (Å²) in [7, 11) is 0. The molecule has 0 bridgehead atoms. The second-order valence-electron chi connectivity index (χ2n) is 4.30. The Balaban J connectivity index is 2.17. The zero-order valence-electron chi connectivity index (χ0n) is 9.96. The molecule has 1 aromatic carbocycles. The second-order valence-corrected chi connectivity index (χ2v) is 4.30. The van der Waals surface area contributed by atoms with E-state index in [9.17, 15) is 26.3 Å². The molecule has 112 valence electrons. The van der Waals surface area contributed by atoms with E-state index >= 15 is 0 Å². The van der Waals surface area contributed by atoms with Gasteiger partial charge in [0, 0.05) is 5.56 Å². The van der Waals surface area contributed by atoms with E-state index in [-0.39, 0.29) is 18.5 Å². The van der Waals surface area contributed by atoms with Gasteiger partial charge in [-0.2, -0.15) is 13.2 Å². The highest BCUT2D eigenvalue weighted by Crippen LogP contribution is 2.47. The summed E-state index contributed by atoms with van der Waals surface area (Å²) in [5, 5.41) is 0. The monoisotopic (exact) mass is 300 g/mol. The average Bonchev–Trinajstić information content (AvgIpc) is 3.18. The molecule has 20 heavy (non-hydrogen) atoms. The minimum absolute atomic E-state index is 0.0637. The first-order valence-electron chi connectivity index (χ1n) is 5.64. The number of hydrogen-bond acceptors (Lipinski definition) is 2. The van der Waals surface area contributed by atoms with Gasteiger partial charge in [-0.25, -0.2) is 13.2 Å². The molecule has 0 radical (unpaired) electrons. The summed E-state index contributed by atoms with van der Waals surface area (Å²) in [5.74, 6) is 0.156. The first kappa shape index (κ1) is 15.0. The van der Waals surface area contributed by atoms with Gasteiger partial charge in [-0.05, 0) is 12.1 Å². The lowest BCUT2D eigenvalue weighted by molar-refractivity contribution is -0.274. The maximum atomic E-state index is 13.7. The first-order valence-corrected chi connectivity index (χ1v) is 5.64. The molecular weight excluding hydrogens is 290 g/mol. The lowest BCUT2D eigenvalue weighted by Crippen LogP contribution is -2.44. The molecule has 1 aromatic rings. The number of halogens is 6. The number of ether oxygens (including phenoxy) is 2. The van der Waals surface area contributed by atoms with Crippen LogP contribution in [-0.2, 0) is 10.4 Å². The van der Waals surface area contributed by atoms with Gasteiger partial charge in [-0.3, -0.25) is 0 Å². The van der Waals surface area contributed by atoms with E-state index in [1.54, 1.807) is 0 Å². The van der Waals surface area contributed by atoms with Crippen LogP contribution in [0.2, 0.25) is 0 Å². The predicted octanol–water partition coefficient (Wildman–Crippen LogP) is 3.46. The fraction of sp³-hybridized carbons (Fsp3) is 0.500. The molecule has 0 aliphatic carbocycles. The van der Waals surface area contributed by atoms with Crippen LogP contribution in [-0.4, -0.2) is 31.9 Å². The Morgan fingerprint density at radius 1 is 1.15 bits per heavy atom. The fourth-order valence-electron chi connectivity index (χ4n) is 1.56. The molecule has 0 N–H and O–H groups in total. The minimum atomic E-state index is -5.70. The van der Waals surface area contributed by atoms with Crippen LogP contribution in [0.1, 0.15) is 5.56 Å². The molecule has 0 aromatic heterocycles. The van der Waals surface area contributed by atoms with E-state index in [0.29, 0.717) is 18.7 Å². The van der Waals surface area contributed by atoms with Crippen LogP contribution >= 0.6 is 0 Å². The Bertz CT molecular complexity index is 454. The van der Waals surface area contributed by atoms with Crippen molar-refractivity contribution in [2.45, 2.75) is 24.4 Å². The maximum Gasteiger partial charge on any atom is 0.432 e. The summed E-state index contributed by atoms with van der Waals surface area (Å²) in [6.07, 6.45) is -9.98. The largest absolute Gasteiger partial charge is 0.491 e. The van der Waals surface area contributed by atoms with Gasteiger partial charge >= 0.3 is 6.18 Å². The van der Waals surface area contributed by atoms with E-state index in [4.69, 9.17) is 9.47 Å². The summed E-state index contributed by atoms with van der Waals surface area (Å²) in [6, 6.07) is 3.31. The number of rotatable bonds is 5. The van der Waals surface area contributed by atoms with Crippen molar-refractivity contribution in [2.24, 2.45) is 0 Å². The molecule has 1 fully saturated rings. The average molecular weight is 300 g/mol. The van der Waals surface area contributed by atoms with Gasteiger partial charge in [0.25, 0.3) is 12.1 Å². The summed E-state index contributed by atoms with van der Waals surface area (Å²) in [4.78, 5) is 0. The third-order valence-electron chi connectivity index (χ3n) is 2.83. The number of alkyl halides is 6. The fourth-order valence-corrected chi connectivity index (χ4v) is 1.56. The van der Waals surface area contributed by atoms with Crippen LogP contribution in [0.4, 0.5) is 26.3 Å². The van der Waals surface area contributed by atoms with Crippen molar-refractivity contribution in [1.82, 2.24) is 0 Å². The molecule has 0 amide bonds. The minimum Gasteiger partial charge on any atom is -0.491 e. The quantitative estimate of drug-likeness (QED) is 0.613. The zero-order valence-corrected chi connectivity index (χ0v) is 9.96. The molecule has 2 rings (SSSR count). The molecular formula is C12H10F6O2. The molecule has 2 nitrogen and oxygen atoms in total. The molecule has 1 aliphatic rings. The summed E-state index contributed by atoms with van der Waals surface area (Å²) in [6.45, 7) is 0.735. The van der Waals surface area contributed by atoms with Crippen molar-refractivity contribution in [3.63, 3.8) is 0 Å². The predicted molar refractivity (Wildman–Crippen MR) is 56.5 cm³/mol. The third kappa shape index (κ3) is 2.84. The van der Waals surface area contributed by atoms with Crippen LogP contribution in [0.5, 0.6) is 5.75 Å². The Hall–Kier alpha value is -1.44. The smallest absolute Gasteiger partial charge is 0.432 e. The SMILES string of the molecule is FC(F)C(F)(c1ccc(OCC2CO2)cc1)C(F)(F)F. The lowest BCUT2D eigenvalue weighted by Gasteiger charge is -2.27. The standard InChI is InChI=1S/C12H10F6O2/c13-10(14)11(15,12(16,17)18)7-1-3-8(4-2-7)19-5-9-6-20-9/h1-4,9-10H,5-6H2. The molecule has 0 saturated carbocycles. The van der Waals surface area contributed by atoms with Crippen LogP contribution < -0.4 is 4.74 Å². The van der Waals surface area contributed by atoms with E-state index in [2.05, 4.69) is 0 Å². The van der Waals surface area contributed by atoms with E-state index in [1.807, 2.05) is 0 Å². The van der Waals surface area contributed by atoms with Gasteiger partial charge < -0.3 is 9.47 Å². The van der Waals surface area contributed by atoms with Gasteiger partial charge in [0.2, 0.25) is 0 Å². The number of benzene rings is 1. The van der Waals surface area contributed by atoms with Gasteiger partial charge in [-0.1, -0.05) is 12.1 Å². The Labute approximate surface area is 110 Å². The topological polar surface area (TPSA) is 21.8 Å². The van der Waals surface area contributed by atoms with Crippen LogP contribution in [0.3, 0.4) is 0 Å². The molecule has 0 spiro atoms. The molecule has 1 saturated heterocycles. The number of hydrogen-bond donors (Lipinski definition) is 0. The molecule has 2 unspecified atom stereocenters.